The molecule has 0 heterocycles. The van der Waals surface area contributed by atoms with Crippen LogP contribution in [0.1, 0.15) is 90.1 Å². The van der Waals surface area contributed by atoms with E-state index in [1.165, 1.54) is 27.7 Å². The summed E-state index contributed by atoms with van der Waals surface area (Å²) in [6.45, 7) is 13.4. The van der Waals surface area contributed by atoms with Gasteiger partial charge in [0.25, 0.3) is 0 Å². The van der Waals surface area contributed by atoms with Gasteiger partial charge in [-0.05, 0) is 46.0 Å². The number of phenolic OH excluding ortho intramolecular Hbond substituents is 3. The van der Waals surface area contributed by atoms with Crippen LogP contribution in [0, 0.1) is 22.7 Å². The number of hydrogen-bond donors (Lipinski definition) is 4. The number of Topliss-reactive ketones (excluding diaryl/α,β-unsaturated/α-hetero) is 3. The summed E-state index contributed by atoms with van der Waals surface area (Å²) in [7, 11) is 0. The number of rotatable bonds is 7. The fraction of sp³-hybridized carbons (Fsp3) is 0.577. The zero-order chi connectivity index (χ0) is 25.6. The van der Waals surface area contributed by atoms with Crippen molar-refractivity contribution < 1.29 is 34.8 Å². The Hall–Kier alpha value is -2.83. The molecular formula is C26H36O7. The lowest BCUT2D eigenvalue weighted by molar-refractivity contribution is -0.144. The van der Waals surface area contributed by atoms with E-state index in [9.17, 15) is 34.8 Å². The van der Waals surface area contributed by atoms with Gasteiger partial charge in [-0.2, -0.15) is 0 Å². The molecule has 0 bridgehead atoms. The van der Waals surface area contributed by atoms with Crippen molar-refractivity contribution in [2.75, 3.05) is 0 Å². The highest BCUT2D eigenvalue weighted by atomic mass is 16.3. The second-order valence-corrected chi connectivity index (χ2v) is 10.9. The lowest BCUT2D eigenvalue weighted by Crippen LogP contribution is -2.49. The SMILES string of the molecule is CC(C)CC(=O)c1c(O)cc(O)c([C@@H](CC(C)C)C2=C(O)C(C)(C)C(=O)C(C)(C)C2=O)c1O. The Bertz CT molecular complexity index is 1030. The van der Waals surface area contributed by atoms with Crippen LogP contribution in [0.15, 0.2) is 17.4 Å². The first kappa shape index (κ1) is 26.4. The summed E-state index contributed by atoms with van der Waals surface area (Å²) < 4.78 is 0. The van der Waals surface area contributed by atoms with Crippen LogP contribution in [-0.2, 0) is 9.59 Å². The Morgan fingerprint density at radius 3 is 1.91 bits per heavy atom. The summed E-state index contributed by atoms with van der Waals surface area (Å²) >= 11 is 0. The molecule has 0 unspecified atom stereocenters. The van der Waals surface area contributed by atoms with E-state index in [-0.39, 0.29) is 41.4 Å². The van der Waals surface area contributed by atoms with Crippen molar-refractivity contribution in [3.63, 3.8) is 0 Å². The molecule has 0 fully saturated rings. The van der Waals surface area contributed by atoms with Crippen LogP contribution < -0.4 is 0 Å². The summed E-state index contributed by atoms with van der Waals surface area (Å²) in [5.74, 6) is -4.73. The number of aliphatic hydroxyl groups is 1. The standard InChI is InChI=1S/C26H36O7/c1-12(2)9-14(19-22(31)25(5,6)24(33)26(7,8)23(19)32)18-16(28)11-17(29)20(21(18)30)15(27)10-13(3)4/h11-14,28-31H,9-10H2,1-8H3/t14-/m1/s1. The molecule has 1 atom stereocenters. The van der Waals surface area contributed by atoms with Crippen molar-refractivity contribution in [3.8, 4) is 17.2 Å². The Morgan fingerprint density at radius 1 is 0.879 bits per heavy atom. The highest BCUT2D eigenvalue weighted by Crippen LogP contribution is 2.52. The van der Waals surface area contributed by atoms with Crippen molar-refractivity contribution >= 4 is 17.3 Å². The average Bonchev–Trinajstić information content (AvgIpc) is 2.64. The monoisotopic (exact) mass is 460 g/mol. The van der Waals surface area contributed by atoms with Gasteiger partial charge in [0.1, 0.15) is 28.6 Å². The van der Waals surface area contributed by atoms with Gasteiger partial charge in [0, 0.05) is 29.5 Å². The zero-order valence-corrected chi connectivity index (χ0v) is 20.7. The van der Waals surface area contributed by atoms with Crippen molar-refractivity contribution in [1.29, 1.82) is 0 Å². The number of aliphatic hydroxyl groups excluding tert-OH is 1. The molecule has 2 rings (SSSR count). The number of hydrogen-bond acceptors (Lipinski definition) is 7. The van der Waals surface area contributed by atoms with Crippen LogP contribution in [0.4, 0.5) is 0 Å². The predicted octanol–water partition coefficient (Wildman–Crippen LogP) is 5.18. The largest absolute Gasteiger partial charge is 0.511 e. The van der Waals surface area contributed by atoms with E-state index in [1.807, 2.05) is 27.7 Å². The highest BCUT2D eigenvalue weighted by molar-refractivity contribution is 6.19. The Kier molecular flexibility index (Phi) is 7.08. The number of carbonyl (C=O) groups excluding carboxylic acids is 3. The maximum atomic E-state index is 13.5. The van der Waals surface area contributed by atoms with Crippen molar-refractivity contribution in [2.45, 2.75) is 74.1 Å². The molecule has 0 aliphatic heterocycles. The van der Waals surface area contributed by atoms with Gasteiger partial charge in [-0.3, -0.25) is 14.4 Å². The molecule has 0 radical (unpaired) electrons. The zero-order valence-electron chi connectivity index (χ0n) is 20.7. The van der Waals surface area contributed by atoms with E-state index in [4.69, 9.17) is 0 Å². The predicted molar refractivity (Wildman–Crippen MR) is 125 cm³/mol. The lowest BCUT2D eigenvalue weighted by atomic mass is 9.60. The Morgan fingerprint density at radius 2 is 1.42 bits per heavy atom. The van der Waals surface area contributed by atoms with Gasteiger partial charge in [-0.1, -0.05) is 27.7 Å². The molecule has 1 aliphatic rings. The number of allylic oxidation sites excluding steroid dienone is 2. The first-order chi connectivity index (χ1) is 15.0. The molecule has 1 aliphatic carbocycles. The molecule has 33 heavy (non-hydrogen) atoms. The molecule has 0 amide bonds. The number of benzene rings is 1. The number of phenols is 3. The van der Waals surface area contributed by atoms with E-state index >= 15 is 0 Å². The molecule has 7 nitrogen and oxygen atoms in total. The third-order valence-electron chi connectivity index (χ3n) is 6.37. The van der Waals surface area contributed by atoms with Gasteiger partial charge >= 0.3 is 0 Å². The van der Waals surface area contributed by atoms with E-state index in [0.29, 0.717) is 0 Å². The third kappa shape index (κ3) is 4.50. The van der Waals surface area contributed by atoms with Crippen LogP contribution in [0.2, 0.25) is 0 Å². The smallest absolute Gasteiger partial charge is 0.175 e. The molecule has 182 valence electrons. The van der Waals surface area contributed by atoms with Crippen LogP contribution in [-0.4, -0.2) is 37.8 Å². The van der Waals surface area contributed by atoms with E-state index in [0.717, 1.165) is 6.07 Å². The van der Waals surface area contributed by atoms with Crippen LogP contribution >= 0.6 is 0 Å². The fourth-order valence-electron chi connectivity index (χ4n) is 4.70. The van der Waals surface area contributed by atoms with Gasteiger partial charge < -0.3 is 20.4 Å². The van der Waals surface area contributed by atoms with Crippen LogP contribution in [0.5, 0.6) is 17.2 Å². The lowest BCUT2D eigenvalue weighted by Gasteiger charge is -2.41. The number of carbonyl (C=O) groups is 3. The molecule has 7 heteroatoms. The molecule has 0 saturated heterocycles. The van der Waals surface area contributed by atoms with Gasteiger partial charge in [0.2, 0.25) is 0 Å². The highest BCUT2D eigenvalue weighted by Gasteiger charge is 2.55. The van der Waals surface area contributed by atoms with Crippen molar-refractivity contribution in [1.82, 2.24) is 0 Å². The van der Waals surface area contributed by atoms with E-state index in [2.05, 4.69) is 0 Å². The fourth-order valence-corrected chi connectivity index (χ4v) is 4.70. The molecule has 0 spiro atoms. The maximum Gasteiger partial charge on any atom is 0.175 e. The molecule has 0 saturated carbocycles. The number of ketones is 3. The van der Waals surface area contributed by atoms with Gasteiger partial charge in [-0.25, -0.2) is 0 Å². The maximum absolute atomic E-state index is 13.5. The van der Waals surface area contributed by atoms with E-state index < -0.39 is 57.1 Å². The molecule has 0 aromatic heterocycles. The molecule has 1 aromatic carbocycles. The Balaban J connectivity index is 2.90. The molecule has 1 aromatic rings. The minimum absolute atomic E-state index is 0.0423. The summed E-state index contributed by atoms with van der Waals surface area (Å²) in [5.41, 5.74) is -3.32. The first-order valence-electron chi connectivity index (χ1n) is 11.3. The first-order valence-corrected chi connectivity index (χ1v) is 11.3. The second-order valence-electron chi connectivity index (χ2n) is 10.9. The summed E-state index contributed by atoms with van der Waals surface area (Å²) in [4.78, 5) is 39.2. The van der Waals surface area contributed by atoms with Crippen molar-refractivity contribution in [3.05, 3.63) is 28.5 Å². The molecular weight excluding hydrogens is 424 g/mol. The minimum atomic E-state index is -1.43. The van der Waals surface area contributed by atoms with Crippen LogP contribution in [0.3, 0.4) is 0 Å². The summed E-state index contributed by atoms with van der Waals surface area (Å²) in [6.07, 6.45) is 0.289. The van der Waals surface area contributed by atoms with Crippen LogP contribution in [0.25, 0.3) is 0 Å². The summed E-state index contributed by atoms with van der Waals surface area (Å²) in [5, 5.41) is 43.3. The summed E-state index contributed by atoms with van der Waals surface area (Å²) in [6, 6.07) is 0.974. The van der Waals surface area contributed by atoms with Crippen molar-refractivity contribution in [2.24, 2.45) is 22.7 Å². The van der Waals surface area contributed by atoms with Gasteiger partial charge in [0.05, 0.1) is 10.8 Å². The average molecular weight is 461 g/mol. The topological polar surface area (TPSA) is 132 Å². The Labute approximate surface area is 195 Å². The minimum Gasteiger partial charge on any atom is -0.511 e. The third-order valence-corrected chi connectivity index (χ3v) is 6.37. The molecule has 4 N–H and O–H groups in total. The quantitative estimate of drug-likeness (QED) is 0.326. The van der Waals surface area contributed by atoms with Gasteiger partial charge in [0.15, 0.2) is 17.3 Å². The second kappa shape index (κ2) is 8.84. The van der Waals surface area contributed by atoms with Gasteiger partial charge in [-0.15, -0.1) is 0 Å². The van der Waals surface area contributed by atoms with E-state index in [1.54, 1.807) is 0 Å². The normalized spacial score (nSPS) is 18.8. The number of aromatic hydroxyl groups is 3.